The van der Waals surface area contributed by atoms with Crippen LogP contribution in [0.25, 0.3) is 10.8 Å². The van der Waals surface area contributed by atoms with Crippen molar-refractivity contribution in [1.82, 2.24) is 0 Å². The van der Waals surface area contributed by atoms with Crippen molar-refractivity contribution in [2.45, 2.75) is 13.0 Å². The number of rotatable bonds is 5. The summed E-state index contributed by atoms with van der Waals surface area (Å²) in [5.74, 6) is 0.0975. The minimum absolute atomic E-state index is 0.0975. The molecule has 2 aromatic rings. The fourth-order valence-electron chi connectivity index (χ4n) is 2.42. The van der Waals surface area contributed by atoms with Crippen LogP contribution in [-0.4, -0.2) is 32.6 Å². The molecule has 2 aromatic carbocycles. The van der Waals surface area contributed by atoms with E-state index in [0.29, 0.717) is 6.61 Å². The number of nitrogens with one attached hydrogen (secondary N) is 1. The predicted octanol–water partition coefficient (Wildman–Crippen LogP) is 2.59. The molecule has 0 aliphatic heterocycles. The second kappa shape index (κ2) is 5.92. The molecule has 0 aliphatic rings. The number of methoxy groups -OCH3 is 1. The van der Waals surface area contributed by atoms with Gasteiger partial charge in [-0.05, 0) is 24.4 Å². The van der Waals surface area contributed by atoms with E-state index in [1.807, 2.05) is 30.3 Å². The van der Waals surface area contributed by atoms with Gasteiger partial charge in [0.1, 0.15) is 5.84 Å². The van der Waals surface area contributed by atoms with Gasteiger partial charge in [-0.15, -0.1) is 0 Å². The van der Waals surface area contributed by atoms with Crippen LogP contribution < -0.4 is 10.6 Å². The van der Waals surface area contributed by atoms with E-state index in [1.54, 1.807) is 7.11 Å². The number of amidine groups is 1. The standard InChI is InChI=1S/C16H21N3O/c1-11(10-20-3)19(2)15-9-8-14(16(17)18)12-6-4-5-7-13(12)15/h4-9,11H,10H2,1-3H3,(H3,17,18). The van der Waals surface area contributed by atoms with Crippen molar-refractivity contribution in [1.29, 1.82) is 5.41 Å². The van der Waals surface area contributed by atoms with E-state index in [9.17, 15) is 0 Å². The first-order valence-electron chi connectivity index (χ1n) is 6.64. The summed E-state index contributed by atoms with van der Waals surface area (Å²) in [5.41, 5.74) is 7.56. The van der Waals surface area contributed by atoms with Crippen molar-refractivity contribution in [3.63, 3.8) is 0 Å². The van der Waals surface area contributed by atoms with Crippen LogP contribution in [0.5, 0.6) is 0 Å². The van der Waals surface area contributed by atoms with Crippen LogP contribution in [0.1, 0.15) is 12.5 Å². The third-order valence-electron chi connectivity index (χ3n) is 3.64. The Morgan fingerprint density at radius 1 is 1.25 bits per heavy atom. The minimum atomic E-state index is 0.0975. The second-order valence-corrected chi connectivity index (χ2v) is 5.01. The first kappa shape index (κ1) is 14.3. The maximum absolute atomic E-state index is 7.69. The SMILES string of the molecule is COCC(C)N(C)c1ccc(C(=N)N)c2ccccc12. The number of likely N-dealkylation sites (N-methyl/N-ethyl adjacent to an activating group) is 1. The van der Waals surface area contributed by atoms with E-state index in [1.165, 1.54) is 0 Å². The van der Waals surface area contributed by atoms with Crippen LogP contribution in [0.15, 0.2) is 36.4 Å². The molecule has 106 valence electrons. The van der Waals surface area contributed by atoms with Gasteiger partial charge in [0.15, 0.2) is 0 Å². The van der Waals surface area contributed by atoms with Crippen LogP contribution in [0.2, 0.25) is 0 Å². The van der Waals surface area contributed by atoms with Crippen molar-refractivity contribution in [3.8, 4) is 0 Å². The molecule has 2 rings (SSSR count). The zero-order valence-corrected chi connectivity index (χ0v) is 12.2. The quantitative estimate of drug-likeness (QED) is 0.649. The third kappa shape index (κ3) is 2.60. The molecule has 1 unspecified atom stereocenters. The van der Waals surface area contributed by atoms with Gasteiger partial charge in [-0.3, -0.25) is 5.41 Å². The molecule has 0 bridgehead atoms. The Labute approximate surface area is 119 Å². The highest BCUT2D eigenvalue weighted by Crippen LogP contribution is 2.29. The van der Waals surface area contributed by atoms with Crippen LogP contribution in [0.3, 0.4) is 0 Å². The topological polar surface area (TPSA) is 62.3 Å². The maximum Gasteiger partial charge on any atom is 0.123 e. The molecule has 0 heterocycles. The first-order valence-corrected chi connectivity index (χ1v) is 6.64. The molecule has 0 saturated carbocycles. The highest BCUT2D eigenvalue weighted by atomic mass is 16.5. The molecular weight excluding hydrogens is 250 g/mol. The molecule has 0 spiro atoms. The highest BCUT2D eigenvalue weighted by molar-refractivity contribution is 6.10. The summed E-state index contributed by atoms with van der Waals surface area (Å²) in [6, 6.07) is 12.2. The summed E-state index contributed by atoms with van der Waals surface area (Å²) in [6.45, 7) is 2.79. The van der Waals surface area contributed by atoms with Gasteiger partial charge in [0.25, 0.3) is 0 Å². The molecule has 0 fully saturated rings. The van der Waals surface area contributed by atoms with E-state index in [0.717, 1.165) is 22.0 Å². The molecule has 0 saturated heterocycles. The number of hydrogen-bond acceptors (Lipinski definition) is 3. The molecule has 4 nitrogen and oxygen atoms in total. The Hall–Kier alpha value is -2.07. The Morgan fingerprint density at radius 2 is 1.90 bits per heavy atom. The van der Waals surface area contributed by atoms with Crippen molar-refractivity contribution in [2.24, 2.45) is 5.73 Å². The number of fused-ring (bicyclic) bond motifs is 1. The molecule has 0 aliphatic carbocycles. The second-order valence-electron chi connectivity index (χ2n) is 5.01. The lowest BCUT2D eigenvalue weighted by Gasteiger charge is -2.28. The average Bonchev–Trinajstić information content (AvgIpc) is 2.45. The smallest absolute Gasteiger partial charge is 0.123 e. The maximum atomic E-state index is 7.69. The number of nitrogen functional groups attached to an aromatic ring is 1. The number of ether oxygens (including phenoxy) is 1. The van der Waals surface area contributed by atoms with Crippen LogP contribution in [-0.2, 0) is 4.74 Å². The lowest BCUT2D eigenvalue weighted by molar-refractivity contribution is 0.183. The summed E-state index contributed by atoms with van der Waals surface area (Å²) in [4.78, 5) is 2.19. The van der Waals surface area contributed by atoms with E-state index in [-0.39, 0.29) is 11.9 Å². The van der Waals surface area contributed by atoms with Gasteiger partial charge in [0.05, 0.1) is 6.61 Å². The molecule has 20 heavy (non-hydrogen) atoms. The van der Waals surface area contributed by atoms with Gasteiger partial charge in [-0.2, -0.15) is 0 Å². The van der Waals surface area contributed by atoms with Gasteiger partial charge < -0.3 is 15.4 Å². The van der Waals surface area contributed by atoms with Crippen LogP contribution in [0.4, 0.5) is 5.69 Å². The van der Waals surface area contributed by atoms with Crippen molar-refractivity contribution < 1.29 is 4.74 Å². The normalized spacial score (nSPS) is 12.3. The lowest BCUT2D eigenvalue weighted by Crippen LogP contribution is -2.32. The predicted molar refractivity (Wildman–Crippen MR) is 84.7 cm³/mol. The highest BCUT2D eigenvalue weighted by Gasteiger charge is 2.14. The lowest BCUT2D eigenvalue weighted by atomic mass is 10.0. The van der Waals surface area contributed by atoms with Gasteiger partial charge in [0.2, 0.25) is 0 Å². The Kier molecular flexibility index (Phi) is 4.25. The molecule has 4 heteroatoms. The van der Waals surface area contributed by atoms with E-state index in [4.69, 9.17) is 15.9 Å². The largest absolute Gasteiger partial charge is 0.384 e. The summed E-state index contributed by atoms with van der Waals surface area (Å²) in [7, 11) is 3.76. The fourth-order valence-corrected chi connectivity index (χ4v) is 2.42. The number of nitrogens with zero attached hydrogens (tertiary/aromatic N) is 1. The van der Waals surface area contributed by atoms with Crippen molar-refractivity contribution >= 4 is 22.3 Å². The zero-order chi connectivity index (χ0) is 14.7. The zero-order valence-electron chi connectivity index (χ0n) is 12.2. The molecule has 1 atom stereocenters. The Morgan fingerprint density at radius 3 is 2.50 bits per heavy atom. The van der Waals surface area contributed by atoms with Gasteiger partial charge in [0, 0.05) is 36.8 Å². The third-order valence-corrected chi connectivity index (χ3v) is 3.64. The van der Waals surface area contributed by atoms with Gasteiger partial charge in [-0.1, -0.05) is 24.3 Å². The summed E-state index contributed by atoms with van der Waals surface area (Å²) in [6.07, 6.45) is 0. The first-order chi connectivity index (χ1) is 9.56. The van der Waals surface area contributed by atoms with Gasteiger partial charge >= 0.3 is 0 Å². The van der Waals surface area contributed by atoms with E-state index >= 15 is 0 Å². The number of nitrogens with two attached hydrogens (primary N) is 1. The van der Waals surface area contributed by atoms with E-state index in [2.05, 4.69) is 24.9 Å². The molecule has 0 amide bonds. The Balaban J connectivity index is 2.56. The van der Waals surface area contributed by atoms with Crippen LogP contribution >= 0.6 is 0 Å². The molecule has 3 N–H and O–H groups in total. The molecule has 0 aromatic heterocycles. The van der Waals surface area contributed by atoms with E-state index < -0.39 is 0 Å². The monoisotopic (exact) mass is 271 g/mol. The number of benzene rings is 2. The number of hydrogen-bond donors (Lipinski definition) is 2. The van der Waals surface area contributed by atoms with Crippen molar-refractivity contribution in [3.05, 3.63) is 42.0 Å². The minimum Gasteiger partial charge on any atom is -0.384 e. The molecular formula is C16H21N3O. The summed E-state index contributed by atoms with van der Waals surface area (Å²) in [5, 5.41) is 9.80. The summed E-state index contributed by atoms with van der Waals surface area (Å²) >= 11 is 0. The molecule has 0 radical (unpaired) electrons. The average molecular weight is 271 g/mol. The van der Waals surface area contributed by atoms with Crippen LogP contribution in [0, 0.1) is 5.41 Å². The fraction of sp³-hybridized carbons (Fsp3) is 0.312. The summed E-state index contributed by atoms with van der Waals surface area (Å²) < 4.78 is 5.22. The number of anilines is 1. The Bertz CT molecular complexity index is 624. The van der Waals surface area contributed by atoms with Gasteiger partial charge in [-0.25, -0.2) is 0 Å². The van der Waals surface area contributed by atoms with Crippen molar-refractivity contribution in [2.75, 3.05) is 25.7 Å².